The molecule has 114 valence electrons. The first kappa shape index (κ1) is 17.1. The van der Waals surface area contributed by atoms with Gasteiger partial charge >= 0.3 is 10.4 Å². The van der Waals surface area contributed by atoms with E-state index in [1.165, 1.54) is 5.56 Å². The normalized spacial score (nSPS) is 10.5. The third-order valence-electron chi connectivity index (χ3n) is 2.42. The predicted molar refractivity (Wildman–Crippen MR) is 79.8 cm³/mol. The standard InChI is InChI=1S/C14H15NO.H2O4S/c1-11-2-6-13(7-3-11)16-14-8-4-12(10-15)5-9-14;1-5(2,3)4/h2-9H,10,15H2,1H3;(H2,1,2,3,4). The first-order valence-corrected chi connectivity index (χ1v) is 7.41. The minimum Gasteiger partial charge on any atom is -0.457 e. The van der Waals surface area contributed by atoms with E-state index in [4.69, 9.17) is 28.0 Å². The molecule has 0 spiro atoms. The van der Waals surface area contributed by atoms with Gasteiger partial charge in [0.1, 0.15) is 11.5 Å². The highest BCUT2D eigenvalue weighted by Crippen LogP contribution is 2.21. The van der Waals surface area contributed by atoms with Crippen LogP contribution in [-0.4, -0.2) is 17.5 Å². The number of rotatable bonds is 3. The third kappa shape index (κ3) is 8.05. The van der Waals surface area contributed by atoms with Crippen molar-refractivity contribution in [2.45, 2.75) is 13.5 Å². The summed E-state index contributed by atoms with van der Waals surface area (Å²) in [5.41, 5.74) is 7.86. The van der Waals surface area contributed by atoms with Crippen LogP contribution in [0.15, 0.2) is 48.5 Å². The van der Waals surface area contributed by atoms with Crippen LogP contribution in [0.3, 0.4) is 0 Å². The van der Waals surface area contributed by atoms with Gasteiger partial charge in [0, 0.05) is 6.54 Å². The topological polar surface area (TPSA) is 110 Å². The molecule has 2 aromatic rings. The molecule has 0 aliphatic rings. The molecule has 0 bridgehead atoms. The van der Waals surface area contributed by atoms with E-state index in [0.29, 0.717) is 6.54 Å². The zero-order valence-corrected chi connectivity index (χ0v) is 12.2. The number of aryl methyl sites for hydroxylation is 1. The second-order valence-electron chi connectivity index (χ2n) is 4.21. The van der Waals surface area contributed by atoms with Crippen molar-refractivity contribution in [2.75, 3.05) is 0 Å². The maximum absolute atomic E-state index is 8.74. The van der Waals surface area contributed by atoms with Crippen LogP contribution in [0.4, 0.5) is 0 Å². The summed E-state index contributed by atoms with van der Waals surface area (Å²) in [4.78, 5) is 0. The molecule has 2 aromatic carbocycles. The van der Waals surface area contributed by atoms with Crippen LogP contribution >= 0.6 is 0 Å². The Kier molecular flexibility index (Phi) is 6.32. The van der Waals surface area contributed by atoms with Gasteiger partial charge in [-0.05, 0) is 36.8 Å². The molecule has 7 heteroatoms. The zero-order chi connectivity index (χ0) is 15.9. The molecular formula is C14H17NO5S. The van der Waals surface area contributed by atoms with Gasteiger partial charge in [-0.2, -0.15) is 8.42 Å². The molecule has 0 aromatic heterocycles. The van der Waals surface area contributed by atoms with Gasteiger partial charge in [0.2, 0.25) is 0 Å². The first-order chi connectivity index (χ1) is 9.78. The Balaban J connectivity index is 0.000000383. The van der Waals surface area contributed by atoms with Gasteiger partial charge in [0.15, 0.2) is 0 Å². The van der Waals surface area contributed by atoms with E-state index in [1.54, 1.807) is 0 Å². The fourth-order valence-corrected chi connectivity index (χ4v) is 1.44. The molecule has 2 rings (SSSR count). The van der Waals surface area contributed by atoms with Gasteiger partial charge in [0.25, 0.3) is 0 Å². The van der Waals surface area contributed by atoms with Gasteiger partial charge in [-0.15, -0.1) is 0 Å². The molecule has 0 aliphatic heterocycles. The lowest BCUT2D eigenvalue weighted by Gasteiger charge is -2.06. The van der Waals surface area contributed by atoms with Gasteiger partial charge < -0.3 is 10.5 Å². The van der Waals surface area contributed by atoms with Gasteiger partial charge in [0.05, 0.1) is 0 Å². The molecule has 0 unspecified atom stereocenters. The summed E-state index contributed by atoms with van der Waals surface area (Å²) in [6.07, 6.45) is 0. The van der Waals surface area contributed by atoms with Crippen LogP contribution in [-0.2, 0) is 16.9 Å². The Hall–Kier alpha value is -1.93. The molecule has 21 heavy (non-hydrogen) atoms. The number of ether oxygens (including phenoxy) is 1. The third-order valence-corrected chi connectivity index (χ3v) is 2.42. The number of hydrogen-bond acceptors (Lipinski definition) is 4. The van der Waals surface area contributed by atoms with Crippen molar-refractivity contribution < 1.29 is 22.3 Å². The Bertz CT molecular complexity index is 643. The highest BCUT2D eigenvalue weighted by Gasteiger charge is 1.96. The molecule has 0 heterocycles. The summed E-state index contributed by atoms with van der Waals surface area (Å²) in [5.74, 6) is 1.69. The minimum atomic E-state index is -4.67. The number of hydrogen-bond donors (Lipinski definition) is 3. The maximum Gasteiger partial charge on any atom is 0.394 e. The van der Waals surface area contributed by atoms with E-state index in [9.17, 15) is 0 Å². The molecule has 0 atom stereocenters. The van der Waals surface area contributed by atoms with Crippen molar-refractivity contribution in [1.82, 2.24) is 0 Å². The molecule has 0 amide bonds. The molecule has 0 radical (unpaired) electrons. The Morgan fingerprint density at radius 3 is 1.71 bits per heavy atom. The second-order valence-corrected chi connectivity index (χ2v) is 5.11. The largest absolute Gasteiger partial charge is 0.457 e. The average molecular weight is 311 g/mol. The van der Waals surface area contributed by atoms with E-state index in [2.05, 4.69) is 6.92 Å². The Morgan fingerprint density at radius 1 is 0.952 bits per heavy atom. The summed E-state index contributed by atoms with van der Waals surface area (Å²) < 4.78 is 37.3. The van der Waals surface area contributed by atoms with Crippen molar-refractivity contribution in [2.24, 2.45) is 5.73 Å². The molecule has 0 saturated carbocycles. The van der Waals surface area contributed by atoms with Gasteiger partial charge in [-0.3, -0.25) is 9.11 Å². The van der Waals surface area contributed by atoms with Crippen molar-refractivity contribution in [3.8, 4) is 11.5 Å². The average Bonchev–Trinajstić information content (AvgIpc) is 2.40. The van der Waals surface area contributed by atoms with Crippen molar-refractivity contribution >= 4 is 10.4 Å². The van der Waals surface area contributed by atoms with Crippen molar-refractivity contribution in [3.05, 3.63) is 59.7 Å². The van der Waals surface area contributed by atoms with E-state index >= 15 is 0 Å². The van der Waals surface area contributed by atoms with E-state index in [-0.39, 0.29) is 0 Å². The van der Waals surface area contributed by atoms with Crippen LogP contribution in [0.25, 0.3) is 0 Å². The highest BCUT2D eigenvalue weighted by atomic mass is 32.3. The monoisotopic (exact) mass is 311 g/mol. The molecular weight excluding hydrogens is 294 g/mol. The van der Waals surface area contributed by atoms with Crippen molar-refractivity contribution in [3.63, 3.8) is 0 Å². The summed E-state index contributed by atoms with van der Waals surface area (Å²) in [6, 6.07) is 15.8. The Labute approximate surface area is 123 Å². The number of nitrogens with two attached hydrogens (primary N) is 1. The second kappa shape index (κ2) is 7.75. The molecule has 0 fully saturated rings. The molecule has 6 nitrogen and oxygen atoms in total. The quantitative estimate of drug-likeness (QED) is 0.752. The molecule has 4 N–H and O–H groups in total. The smallest absolute Gasteiger partial charge is 0.394 e. The van der Waals surface area contributed by atoms with Gasteiger partial charge in [-0.1, -0.05) is 29.8 Å². The summed E-state index contributed by atoms with van der Waals surface area (Å²) >= 11 is 0. The zero-order valence-electron chi connectivity index (χ0n) is 11.4. The summed E-state index contributed by atoms with van der Waals surface area (Å²) in [5, 5.41) is 0. The molecule has 0 saturated heterocycles. The molecule has 0 aliphatic carbocycles. The number of benzene rings is 2. The predicted octanol–water partition coefficient (Wildman–Crippen LogP) is 2.59. The maximum atomic E-state index is 8.74. The lowest BCUT2D eigenvalue weighted by atomic mass is 10.2. The van der Waals surface area contributed by atoms with Crippen LogP contribution in [0.2, 0.25) is 0 Å². The van der Waals surface area contributed by atoms with Crippen LogP contribution in [0.1, 0.15) is 11.1 Å². The summed E-state index contributed by atoms with van der Waals surface area (Å²) in [7, 11) is -4.67. The lowest BCUT2D eigenvalue weighted by molar-refractivity contribution is 0.381. The van der Waals surface area contributed by atoms with Crippen LogP contribution < -0.4 is 10.5 Å². The summed E-state index contributed by atoms with van der Waals surface area (Å²) in [6.45, 7) is 2.62. The van der Waals surface area contributed by atoms with E-state index in [1.807, 2.05) is 48.5 Å². The fraction of sp³-hybridized carbons (Fsp3) is 0.143. The lowest BCUT2D eigenvalue weighted by Crippen LogP contribution is -1.95. The van der Waals surface area contributed by atoms with Crippen LogP contribution in [0.5, 0.6) is 11.5 Å². The minimum absolute atomic E-state index is 0.560. The van der Waals surface area contributed by atoms with E-state index in [0.717, 1.165) is 17.1 Å². The van der Waals surface area contributed by atoms with E-state index < -0.39 is 10.4 Å². The SMILES string of the molecule is Cc1ccc(Oc2ccc(CN)cc2)cc1.O=S(=O)(O)O. The van der Waals surface area contributed by atoms with Gasteiger partial charge in [-0.25, -0.2) is 0 Å². The fourth-order valence-electron chi connectivity index (χ4n) is 1.44. The Morgan fingerprint density at radius 2 is 1.33 bits per heavy atom. The first-order valence-electron chi connectivity index (χ1n) is 6.01. The highest BCUT2D eigenvalue weighted by molar-refractivity contribution is 7.79. The van der Waals surface area contributed by atoms with Crippen molar-refractivity contribution in [1.29, 1.82) is 0 Å². The van der Waals surface area contributed by atoms with Crippen LogP contribution in [0, 0.1) is 6.92 Å².